The number of alkyl halides is 4. The first-order valence-corrected chi connectivity index (χ1v) is 11.2. The van der Waals surface area contributed by atoms with E-state index in [1.807, 2.05) is 30.3 Å². The SMILES string of the molecule is O=C(O)CCCCCCN1C(=O)C(F)(F)C[C@@H]1C=C[C@@H](O)C(F)(F)CCCc1ccccc1. The van der Waals surface area contributed by atoms with Gasteiger partial charge in [-0.15, -0.1) is 0 Å². The fourth-order valence-electron chi connectivity index (χ4n) is 3.87. The summed E-state index contributed by atoms with van der Waals surface area (Å²) in [4.78, 5) is 23.5. The molecule has 0 unspecified atom stereocenters. The highest BCUT2D eigenvalue weighted by molar-refractivity contribution is 5.86. The van der Waals surface area contributed by atoms with E-state index in [4.69, 9.17) is 5.11 Å². The number of carbonyl (C=O) groups is 2. The van der Waals surface area contributed by atoms with E-state index in [-0.39, 0.29) is 19.4 Å². The summed E-state index contributed by atoms with van der Waals surface area (Å²) in [5.41, 5.74) is 0.906. The van der Waals surface area contributed by atoms with Crippen LogP contribution in [0.1, 0.15) is 56.9 Å². The summed E-state index contributed by atoms with van der Waals surface area (Å²) < 4.78 is 56.5. The van der Waals surface area contributed by atoms with Crippen LogP contribution >= 0.6 is 0 Å². The van der Waals surface area contributed by atoms with Crippen LogP contribution in [-0.2, 0) is 16.0 Å². The minimum atomic E-state index is -3.58. The zero-order chi connectivity index (χ0) is 24.5. The maximum absolute atomic E-state index is 14.3. The maximum atomic E-state index is 14.3. The Balaban J connectivity index is 1.87. The van der Waals surface area contributed by atoms with Gasteiger partial charge in [0.2, 0.25) is 0 Å². The van der Waals surface area contributed by atoms with Gasteiger partial charge in [-0.25, -0.2) is 8.78 Å². The van der Waals surface area contributed by atoms with Gasteiger partial charge in [0.15, 0.2) is 0 Å². The summed E-state index contributed by atoms with van der Waals surface area (Å²) in [5, 5.41) is 18.6. The van der Waals surface area contributed by atoms with Crippen molar-refractivity contribution in [1.29, 1.82) is 0 Å². The van der Waals surface area contributed by atoms with E-state index in [0.717, 1.165) is 22.6 Å². The number of amides is 1. The molecule has 0 aliphatic carbocycles. The number of nitrogens with zero attached hydrogens (tertiary/aromatic N) is 1. The van der Waals surface area contributed by atoms with Gasteiger partial charge in [0, 0.05) is 25.8 Å². The molecule has 0 bridgehead atoms. The first-order chi connectivity index (χ1) is 15.5. The van der Waals surface area contributed by atoms with E-state index in [0.29, 0.717) is 32.1 Å². The van der Waals surface area contributed by atoms with Gasteiger partial charge in [0.05, 0.1) is 6.04 Å². The Hall–Kier alpha value is -2.42. The quantitative estimate of drug-likeness (QED) is 0.230. The van der Waals surface area contributed by atoms with Crippen molar-refractivity contribution in [2.75, 3.05) is 6.54 Å². The number of carboxylic acids is 1. The second-order valence-electron chi connectivity index (χ2n) is 8.46. The lowest BCUT2D eigenvalue weighted by Gasteiger charge is -2.23. The summed E-state index contributed by atoms with van der Waals surface area (Å²) in [6.07, 6.45) is 0.922. The van der Waals surface area contributed by atoms with Crippen molar-refractivity contribution < 1.29 is 37.4 Å². The van der Waals surface area contributed by atoms with Gasteiger partial charge in [0.1, 0.15) is 6.10 Å². The number of benzene rings is 1. The van der Waals surface area contributed by atoms with E-state index in [9.17, 15) is 32.3 Å². The van der Waals surface area contributed by atoms with Crippen LogP contribution in [0.4, 0.5) is 17.6 Å². The molecule has 0 aromatic heterocycles. The minimum Gasteiger partial charge on any atom is -0.481 e. The van der Waals surface area contributed by atoms with Crippen LogP contribution in [0.5, 0.6) is 0 Å². The highest BCUT2D eigenvalue weighted by Crippen LogP contribution is 2.35. The number of aliphatic hydroxyl groups is 1. The molecule has 0 saturated carbocycles. The summed E-state index contributed by atoms with van der Waals surface area (Å²) in [5.74, 6) is -9.27. The summed E-state index contributed by atoms with van der Waals surface area (Å²) in [6, 6.07) is 8.02. The van der Waals surface area contributed by atoms with Gasteiger partial charge in [-0.2, -0.15) is 8.78 Å². The van der Waals surface area contributed by atoms with Crippen molar-refractivity contribution in [3.8, 4) is 0 Å². The number of rotatable bonds is 14. The van der Waals surface area contributed by atoms with Gasteiger partial charge >= 0.3 is 11.9 Å². The summed E-state index contributed by atoms with van der Waals surface area (Å²) >= 11 is 0. The van der Waals surface area contributed by atoms with E-state index >= 15 is 0 Å². The molecule has 2 N–H and O–H groups in total. The number of aliphatic hydroxyl groups excluding tert-OH is 1. The molecular weight excluding hydrogens is 442 g/mol. The molecule has 2 atom stereocenters. The zero-order valence-corrected chi connectivity index (χ0v) is 18.4. The van der Waals surface area contributed by atoms with E-state index in [1.165, 1.54) is 0 Å². The molecule has 1 amide bonds. The van der Waals surface area contributed by atoms with Crippen molar-refractivity contribution in [2.24, 2.45) is 0 Å². The van der Waals surface area contributed by atoms with Crippen molar-refractivity contribution in [3.05, 3.63) is 48.0 Å². The summed E-state index contributed by atoms with van der Waals surface area (Å²) in [7, 11) is 0. The number of carboxylic acid groups (broad SMARTS) is 1. The third-order valence-electron chi connectivity index (χ3n) is 5.75. The Labute approximate surface area is 191 Å². The maximum Gasteiger partial charge on any atom is 0.327 e. The van der Waals surface area contributed by atoms with Crippen LogP contribution in [0.15, 0.2) is 42.5 Å². The number of aryl methyl sites for hydroxylation is 1. The van der Waals surface area contributed by atoms with E-state index in [1.54, 1.807) is 0 Å². The number of hydrogen-bond donors (Lipinski definition) is 2. The topological polar surface area (TPSA) is 77.8 Å². The Morgan fingerprint density at radius 1 is 1.15 bits per heavy atom. The van der Waals surface area contributed by atoms with Gasteiger partial charge < -0.3 is 15.1 Å². The normalized spacial score (nSPS) is 19.4. The minimum absolute atomic E-state index is 0.0140. The number of unbranched alkanes of at least 4 members (excludes halogenated alkanes) is 3. The number of aliphatic carboxylic acids is 1. The van der Waals surface area contributed by atoms with E-state index in [2.05, 4.69) is 0 Å². The molecule has 1 aliphatic rings. The Morgan fingerprint density at radius 3 is 2.48 bits per heavy atom. The fraction of sp³-hybridized carbons (Fsp3) is 0.583. The Kier molecular flexibility index (Phi) is 9.88. The number of hydrogen-bond acceptors (Lipinski definition) is 3. The fourth-order valence-corrected chi connectivity index (χ4v) is 3.87. The lowest BCUT2D eigenvalue weighted by Crippen LogP contribution is -2.37. The molecule has 184 valence electrons. The third kappa shape index (κ3) is 8.46. The predicted octanol–water partition coefficient (Wildman–Crippen LogP) is 4.83. The third-order valence-corrected chi connectivity index (χ3v) is 5.75. The van der Waals surface area contributed by atoms with Crippen molar-refractivity contribution in [3.63, 3.8) is 0 Å². The molecule has 1 saturated heterocycles. The molecule has 33 heavy (non-hydrogen) atoms. The van der Waals surface area contributed by atoms with Crippen LogP contribution < -0.4 is 0 Å². The number of carbonyl (C=O) groups excluding carboxylic acids is 1. The molecular formula is C24H31F4NO4. The number of halogens is 4. The molecule has 1 heterocycles. The lowest BCUT2D eigenvalue weighted by molar-refractivity contribution is -0.148. The molecule has 9 heteroatoms. The van der Waals surface area contributed by atoms with E-state index < -0.39 is 48.7 Å². The van der Waals surface area contributed by atoms with Crippen molar-refractivity contribution >= 4 is 11.9 Å². The van der Waals surface area contributed by atoms with Gasteiger partial charge in [-0.1, -0.05) is 55.3 Å². The molecule has 2 rings (SSSR count). The average molecular weight is 474 g/mol. The number of likely N-dealkylation sites (tertiary alicyclic amines) is 1. The monoisotopic (exact) mass is 473 g/mol. The Morgan fingerprint density at radius 2 is 1.82 bits per heavy atom. The second-order valence-corrected chi connectivity index (χ2v) is 8.46. The first kappa shape index (κ1) is 26.8. The molecule has 1 fully saturated rings. The predicted molar refractivity (Wildman–Crippen MR) is 115 cm³/mol. The lowest BCUT2D eigenvalue weighted by atomic mass is 10.0. The highest BCUT2D eigenvalue weighted by Gasteiger charge is 2.52. The van der Waals surface area contributed by atoms with Crippen molar-refractivity contribution in [2.45, 2.75) is 81.8 Å². The first-order valence-electron chi connectivity index (χ1n) is 11.2. The highest BCUT2D eigenvalue weighted by atomic mass is 19.3. The molecule has 1 aliphatic heterocycles. The van der Waals surface area contributed by atoms with Crippen LogP contribution in [0.2, 0.25) is 0 Å². The largest absolute Gasteiger partial charge is 0.481 e. The molecule has 0 radical (unpaired) electrons. The van der Waals surface area contributed by atoms with Gasteiger partial charge in [-0.3, -0.25) is 9.59 Å². The second kappa shape index (κ2) is 12.2. The van der Waals surface area contributed by atoms with Crippen molar-refractivity contribution in [1.82, 2.24) is 4.90 Å². The molecule has 1 aromatic rings. The zero-order valence-electron chi connectivity index (χ0n) is 18.4. The Bertz CT molecular complexity index is 801. The molecule has 5 nitrogen and oxygen atoms in total. The molecule has 0 spiro atoms. The van der Waals surface area contributed by atoms with Crippen LogP contribution in [0, 0.1) is 0 Å². The average Bonchev–Trinajstić information content (AvgIpc) is 2.97. The smallest absolute Gasteiger partial charge is 0.327 e. The van der Waals surface area contributed by atoms with Gasteiger partial charge in [0.25, 0.3) is 11.8 Å². The van der Waals surface area contributed by atoms with Crippen LogP contribution in [0.25, 0.3) is 0 Å². The standard InChI is InChI=1S/C24H31F4NO4/c25-23(26,15-8-11-18-9-4-3-5-10-18)20(30)14-13-19-17-24(27,28)22(33)29(19)16-7-2-1-6-12-21(31)32/h3-5,9-10,13-14,19-20,30H,1-2,6-8,11-12,15-17H2,(H,31,32)/t19-,20+/m0/s1. The van der Waals surface area contributed by atoms with Crippen LogP contribution in [-0.4, -0.2) is 57.5 Å². The summed E-state index contributed by atoms with van der Waals surface area (Å²) in [6.45, 7) is 0.0140. The van der Waals surface area contributed by atoms with Gasteiger partial charge in [-0.05, 0) is 31.2 Å². The van der Waals surface area contributed by atoms with Crippen LogP contribution in [0.3, 0.4) is 0 Å². The molecule has 1 aromatic carbocycles.